The molecule has 1 saturated carbocycles. The number of allylic oxidation sites excluding steroid dienone is 3. The molecule has 10 heteroatoms. The van der Waals surface area contributed by atoms with E-state index in [2.05, 4.69) is 27.5 Å². The first-order chi connectivity index (χ1) is 20.2. The third-order valence-electron chi connectivity index (χ3n) is 9.33. The van der Waals surface area contributed by atoms with E-state index in [4.69, 9.17) is 4.74 Å². The molecule has 1 unspecified atom stereocenters. The Morgan fingerprint density at radius 2 is 1.76 bits per heavy atom. The third-order valence-corrected chi connectivity index (χ3v) is 10.8. The average Bonchev–Trinajstić information content (AvgIpc) is 3.20. The minimum atomic E-state index is -4.01. The predicted octanol–water partition coefficient (Wildman–Crippen LogP) is 4.52. The van der Waals surface area contributed by atoms with E-state index in [1.807, 2.05) is 13.1 Å². The monoisotopic (exact) mass is 592 g/mol. The number of hydrogen-bond donors (Lipinski definition) is 1. The number of likely N-dealkylation sites (N-methyl/N-ethyl adjacent to an activating group) is 1. The van der Waals surface area contributed by atoms with Gasteiger partial charge >= 0.3 is 10.2 Å². The van der Waals surface area contributed by atoms with Crippen LogP contribution in [0.4, 0.5) is 0 Å². The van der Waals surface area contributed by atoms with Gasteiger partial charge in [-0.1, -0.05) is 37.5 Å². The zero-order valence-electron chi connectivity index (χ0n) is 24.7. The molecule has 3 heterocycles. The van der Waals surface area contributed by atoms with Crippen LogP contribution in [0, 0.1) is 0 Å². The number of nitrogens with zero attached hydrogens (tertiary/aromatic N) is 3. The summed E-state index contributed by atoms with van der Waals surface area (Å²) >= 11 is 0. The lowest BCUT2D eigenvalue weighted by Crippen LogP contribution is -2.42. The van der Waals surface area contributed by atoms with Gasteiger partial charge in [0.05, 0.1) is 18.3 Å². The van der Waals surface area contributed by atoms with Crippen molar-refractivity contribution in [2.24, 2.45) is 0 Å². The van der Waals surface area contributed by atoms with Crippen LogP contribution in [-0.2, 0) is 26.3 Å². The molecule has 224 valence electrons. The summed E-state index contributed by atoms with van der Waals surface area (Å²) in [4.78, 5) is 29.0. The van der Waals surface area contributed by atoms with Crippen LogP contribution in [0.1, 0.15) is 78.9 Å². The van der Waals surface area contributed by atoms with Crippen molar-refractivity contribution in [2.75, 3.05) is 34.3 Å². The fourth-order valence-corrected chi connectivity index (χ4v) is 7.85. The number of methoxy groups -OCH3 is 1. The van der Waals surface area contributed by atoms with Gasteiger partial charge in [0.1, 0.15) is 0 Å². The van der Waals surface area contributed by atoms with E-state index < -0.39 is 16.1 Å². The van der Waals surface area contributed by atoms with Crippen molar-refractivity contribution in [3.05, 3.63) is 64.4 Å². The van der Waals surface area contributed by atoms with Crippen LogP contribution in [0.25, 0.3) is 16.5 Å². The lowest BCUT2D eigenvalue weighted by molar-refractivity contribution is -0.126. The van der Waals surface area contributed by atoms with Crippen molar-refractivity contribution in [1.82, 2.24) is 18.5 Å². The van der Waals surface area contributed by atoms with Crippen molar-refractivity contribution >= 4 is 38.5 Å². The van der Waals surface area contributed by atoms with Gasteiger partial charge in [0, 0.05) is 68.3 Å². The second-order valence-corrected chi connectivity index (χ2v) is 13.8. The summed E-state index contributed by atoms with van der Waals surface area (Å²) in [6, 6.07) is 5.49. The number of nitrogens with one attached hydrogen (secondary N) is 1. The highest BCUT2D eigenvalue weighted by molar-refractivity contribution is 7.87. The standard InChI is InChI=1S/C32H40N4O5S/c1-34-15-7-8-16-35(2)42(39,40)33-31(37)22-11-13-27-28(19-22)36-20-24(32(34)38)17-23-18-25(41-3)12-14-26(23)30(36)29(27)21-9-5-4-6-10-21/h11-14,17,19,21,25H,4-10,15-16,18,20H2,1-3H3,(H,33,37). The number of aromatic nitrogens is 1. The Labute approximate surface area is 248 Å². The number of hydrogen-bond acceptors (Lipinski definition) is 5. The largest absolute Gasteiger partial charge is 0.377 e. The van der Waals surface area contributed by atoms with Crippen molar-refractivity contribution < 1.29 is 22.7 Å². The third kappa shape index (κ3) is 5.24. The average molecular weight is 593 g/mol. The molecule has 2 aromatic rings. The molecule has 1 fully saturated rings. The molecular weight excluding hydrogens is 552 g/mol. The van der Waals surface area contributed by atoms with E-state index in [0.717, 1.165) is 44.9 Å². The van der Waals surface area contributed by atoms with E-state index in [1.165, 1.54) is 31.9 Å². The number of benzene rings is 1. The summed E-state index contributed by atoms with van der Waals surface area (Å²) in [6.45, 7) is 1.11. The van der Waals surface area contributed by atoms with Crippen molar-refractivity contribution in [2.45, 2.75) is 69.9 Å². The van der Waals surface area contributed by atoms with Gasteiger partial charge in [0.25, 0.3) is 11.8 Å². The zero-order chi connectivity index (χ0) is 29.6. The molecule has 6 rings (SSSR count). The van der Waals surface area contributed by atoms with Gasteiger partial charge in [0.2, 0.25) is 0 Å². The van der Waals surface area contributed by atoms with E-state index in [1.54, 1.807) is 24.1 Å². The highest BCUT2D eigenvalue weighted by atomic mass is 32.2. The van der Waals surface area contributed by atoms with Crippen LogP contribution in [-0.4, -0.2) is 74.4 Å². The van der Waals surface area contributed by atoms with Crippen LogP contribution in [0.15, 0.2) is 47.6 Å². The maximum Gasteiger partial charge on any atom is 0.303 e. The molecule has 0 radical (unpaired) electrons. The molecular formula is C32H40N4O5S. The lowest BCUT2D eigenvalue weighted by atomic mass is 9.80. The topological polar surface area (TPSA) is 101 Å². The van der Waals surface area contributed by atoms with Gasteiger partial charge in [-0.2, -0.15) is 12.7 Å². The van der Waals surface area contributed by atoms with E-state index in [9.17, 15) is 18.0 Å². The van der Waals surface area contributed by atoms with Crippen LogP contribution in [0.3, 0.4) is 0 Å². The summed E-state index contributed by atoms with van der Waals surface area (Å²) in [5.74, 6) is -0.338. The Morgan fingerprint density at radius 3 is 2.52 bits per heavy atom. The number of ether oxygens (including phenoxy) is 1. The second kappa shape index (κ2) is 11.5. The summed E-state index contributed by atoms with van der Waals surface area (Å²) in [6.07, 6.45) is 13.8. The number of rotatable bonds is 2. The molecule has 1 aromatic carbocycles. The Morgan fingerprint density at radius 1 is 1.00 bits per heavy atom. The van der Waals surface area contributed by atoms with Crippen molar-refractivity contribution in [3.8, 4) is 0 Å². The number of carbonyl (C=O) groups is 2. The summed E-state index contributed by atoms with van der Waals surface area (Å²) in [7, 11) is 0.973. The highest BCUT2D eigenvalue weighted by Crippen LogP contribution is 2.46. The molecule has 1 N–H and O–H groups in total. The molecule has 2 amide bonds. The molecule has 1 atom stereocenters. The van der Waals surface area contributed by atoms with Crippen LogP contribution in [0.2, 0.25) is 0 Å². The number of amides is 2. The molecule has 2 aliphatic carbocycles. The normalized spacial score (nSPS) is 24.2. The quantitative estimate of drug-likeness (QED) is 0.553. The van der Waals surface area contributed by atoms with Crippen LogP contribution >= 0.6 is 0 Å². The zero-order valence-corrected chi connectivity index (χ0v) is 25.5. The molecule has 1 aromatic heterocycles. The van der Waals surface area contributed by atoms with E-state index in [-0.39, 0.29) is 24.1 Å². The maximum atomic E-state index is 14.0. The Balaban J connectivity index is 1.60. The molecule has 0 saturated heterocycles. The summed E-state index contributed by atoms with van der Waals surface area (Å²) < 4.78 is 37.2. The minimum absolute atomic E-state index is 0.0405. The van der Waals surface area contributed by atoms with Crippen LogP contribution < -0.4 is 4.72 Å². The first kappa shape index (κ1) is 28.9. The molecule has 9 nitrogen and oxygen atoms in total. The van der Waals surface area contributed by atoms with Gasteiger partial charge < -0.3 is 14.2 Å². The first-order valence-corrected chi connectivity index (χ1v) is 16.5. The van der Waals surface area contributed by atoms with Crippen molar-refractivity contribution in [1.29, 1.82) is 0 Å². The SMILES string of the molecule is COC1C=CC2=C(C=C3Cn4c2c(C2CCCCC2)c2ccc(cc24)C(=O)NS(=O)(=O)N(C)CCCCN(C)C3=O)C1. The van der Waals surface area contributed by atoms with Gasteiger partial charge in [-0.15, -0.1) is 0 Å². The van der Waals surface area contributed by atoms with E-state index in [0.29, 0.717) is 43.8 Å². The Hall–Kier alpha value is -3.21. The number of carbonyl (C=O) groups excluding carboxylic acids is 2. The van der Waals surface area contributed by atoms with E-state index >= 15 is 0 Å². The Kier molecular flexibility index (Phi) is 7.89. The smallest absolute Gasteiger partial charge is 0.303 e. The lowest BCUT2D eigenvalue weighted by Gasteiger charge is -2.25. The van der Waals surface area contributed by atoms with Crippen LogP contribution in [0.5, 0.6) is 0 Å². The summed E-state index contributed by atoms with van der Waals surface area (Å²) in [5.41, 5.74) is 6.36. The van der Waals surface area contributed by atoms with Gasteiger partial charge in [-0.3, -0.25) is 9.59 Å². The second-order valence-electron chi connectivity index (χ2n) is 12.1. The van der Waals surface area contributed by atoms with Gasteiger partial charge in [-0.25, -0.2) is 4.72 Å². The molecule has 4 aliphatic rings. The fraction of sp³-hybridized carbons (Fsp3) is 0.500. The predicted molar refractivity (Wildman–Crippen MR) is 163 cm³/mol. The fourth-order valence-electron chi connectivity index (χ4n) is 6.97. The highest BCUT2D eigenvalue weighted by Gasteiger charge is 2.33. The van der Waals surface area contributed by atoms with Crippen molar-refractivity contribution in [3.63, 3.8) is 0 Å². The van der Waals surface area contributed by atoms with Gasteiger partial charge in [-0.05, 0) is 60.9 Å². The summed E-state index contributed by atoms with van der Waals surface area (Å²) in [5, 5.41) is 1.06. The molecule has 4 bridgehead atoms. The van der Waals surface area contributed by atoms with Gasteiger partial charge in [0.15, 0.2) is 0 Å². The first-order valence-electron chi connectivity index (χ1n) is 15.0. The number of fused-ring (bicyclic) bond motifs is 3. The molecule has 0 spiro atoms. The molecule has 2 aliphatic heterocycles. The Bertz CT molecular complexity index is 1630. The maximum absolute atomic E-state index is 14.0. The molecule has 42 heavy (non-hydrogen) atoms. The minimum Gasteiger partial charge on any atom is -0.377 e.